The molecule has 2 aromatic carbocycles. The van der Waals surface area contributed by atoms with Gasteiger partial charge in [0.1, 0.15) is 0 Å². The Hall–Kier alpha value is -3.13. The SMILES string of the molecule is O=C(CSc1ccc(F)c(F)c1)NCc1ccc(NC(=O)c2ccco2)cc1. The van der Waals surface area contributed by atoms with Crippen molar-refractivity contribution in [2.24, 2.45) is 0 Å². The van der Waals surface area contributed by atoms with Crippen LogP contribution in [0.3, 0.4) is 0 Å². The molecule has 1 heterocycles. The van der Waals surface area contributed by atoms with Crippen molar-refractivity contribution < 1.29 is 22.8 Å². The van der Waals surface area contributed by atoms with Crippen LogP contribution in [0, 0.1) is 11.6 Å². The van der Waals surface area contributed by atoms with Crippen LogP contribution in [-0.2, 0) is 11.3 Å². The Morgan fingerprint density at radius 2 is 1.79 bits per heavy atom. The predicted octanol–water partition coefficient (Wildman–Crippen LogP) is 4.22. The highest BCUT2D eigenvalue weighted by Crippen LogP contribution is 2.20. The lowest BCUT2D eigenvalue weighted by Crippen LogP contribution is -2.24. The molecule has 0 spiro atoms. The van der Waals surface area contributed by atoms with Crippen molar-refractivity contribution >= 4 is 29.3 Å². The van der Waals surface area contributed by atoms with Crippen LogP contribution in [0.15, 0.2) is 70.2 Å². The van der Waals surface area contributed by atoms with E-state index in [1.807, 2.05) is 0 Å². The summed E-state index contributed by atoms with van der Waals surface area (Å²) in [6.45, 7) is 0.309. The molecule has 3 rings (SSSR count). The van der Waals surface area contributed by atoms with E-state index in [0.717, 1.165) is 29.5 Å². The number of rotatable bonds is 7. The number of halogens is 2. The van der Waals surface area contributed by atoms with E-state index in [1.54, 1.807) is 36.4 Å². The molecule has 0 radical (unpaired) electrons. The summed E-state index contributed by atoms with van der Waals surface area (Å²) in [7, 11) is 0. The van der Waals surface area contributed by atoms with Crippen molar-refractivity contribution in [3.05, 3.63) is 83.8 Å². The minimum absolute atomic E-state index is 0.0857. The third-order valence-electron chi connectivity index (χ3n) is 3.71. The van der Waals surface area contributed by atoms with E-state index in [2.05, 4.69) is 10.6 Å². The van der Waals surface area contributed by atoms with Gasteiger partial charge in [0.05, 0.1) is 12.0 Å². The molecule has 2 N–H and O–H groups in total. The molecule has 0 bridgehead atoms. The maximum absolute atomic E-state index is 13.1. The van der Waals surface area contributed by atoms with E-state index in [9.17, 15) is 18.4 Å². The highest BCUT2D eigenvalue weighted by molar-refractivity contribution is 8.00. The summed E-state index contributed by atoms with van der Waals surface area (Å²) < 4.78 is 31.1. The van der Waals surface area contributed by atoms with Gasteiger partial charge in [0, 0.05) is 17.1 Å². The summed E-state index contributed by atoms with van der Waals surface area (Å²) in [4.78, 5) is 24.3. The maximum atomic E-state index is 13.1. The lowest BCUT2D eigenvalue weighted by molar-refractivity contribution is -0.118. The van der Waals surface area contributed by atoms with Crippen LogP contribution in [0.4, 0.5) is 14.5 Å². The van der Waals surface area contributed by atoms with Crippen molar-refractivity contribution in [2.45, 2.75) is 11.4 Å². The Balaban J connectivity index is 1.44. The predicted molar refractivity (Wildman–Crippen MR) is 102 cm³/mol. The maximum Gasteiger partial charge on any atom is 0.291 e. The van der Waals surface area contributed by atoms with Crippen LogP contribution in [0.25, 0.3) is 0 Å². The molecule has 1 aromatic heterocycles. The molecular formula is C20H16F2N2O3S. The molecule has 0 aliphatic heterocycles. The number of anilines is 1. The van der Waals surface area contributed by atoms with Crippen molar-refractivity contribution in [3.8, 4) is 0 Å². The number of hydrogen-bond acceptors (Lipinski definition) is 4. The third kappa shape index (κ3) is 5.43. The van der Waals surface area contributed by atoms with Gasteiger partial charge in [-0.15, -0.1) is 11.8 Å². The highest BCUT2D eigenvalue weighted by atomic mass is 32.2. The molecule has 8 heteroatoms. The topological polar surface area (TPSA) is 71.3 Å². The number of carbonyl (C=O) groups excluding carboxylic acids is 2. The van der Waals surface area contributed by atoms with Crippen LogP contribution in [0.2, 0.25) is 0 Å². The quantitative estimate of drug-likeness (QED) is 0.581. The zero-order valence-corrected chi connectivity index (χ0v) is 15.4. The molecular weight excluding hydrogens is 386 g/mol. The summed E-state index contributed by atoms with van der Waals surface area (Å²) in [5, 5.41) is 5.45. The van der Waals surface area contributed by atoms with Gasteiger partial charge >= 0.3 is 0 Å². The molecule has 0 aliphatic rings. The number of nitrogens with one attached hydrogen (secondary N) is 2. The average Bonchev–Trinajstić information content (AvgIpc) is 3.23. The zero-order chi connectivity index (χ0) is 19.9. The molecule has 0 saturated heterocycles. The van der Waals surface area contributed by atoms with E-state index in [0.29, 0.717) is 17.1 Å². The van der Waals surface area contributed by atoms with Crippen molar-refractivity contribution in [3.63, 3.8) is 0 Å². The van der Waals surface area contributed by atoms with Crippen LogP contribution in [-0.4, -0.2) is 17.6 Å². The summed E-state index contributed by atoms with van der Waals surface area (Å²) in [6, 6.07) is 13.7. The lowest BCUT2D eigenvalue weighted by atomic mass is 10.2. The molecule has 3 aromatic rings. The second kappa shape index (κ2) is 9.18. The number of benzene rings is 2. The van der Waals surface area contributed by atoms with E-state index in [4.69, 9.17) is 4.42 Å². The Labute approximate surface area is 164 Å². The molecule has 0 unspecified atom stereocenters. The first-order valence-electron chi connectivity index (χ1n) is 8.29. The second-order valence-electron chi connectivity index (χ2n) is 5.77. The fraction of sp³-hybridized carbons (Fsp3) is 0.100. The fourth-order valence-corrected chi connectivity index (χ4v) is 3.02. The normalized spacial score (nSPS) is 10.5. The Kier molecular flexibility index (Phi) is 6.44. The summed E-state index contributed by atoms with van der Waals surface area (Å²) in [5.74, 6) is -2.13. The van der Waals surface area contributed by atoms with Crippen LogP contribution < -0.4 is 10.6 Å². The Morgan fingerprint density at radius 1 is 1.00 bits per heavy atom. The largest absolute Gasteiger partial charge is 0.459 e. The van der Waals surface area contributed by atoms with Gasteiger partial charge in [0.2, 0.25) is 5.91 Å². The van der Waals surface area contributed by atoms with Crippen LogP contribution in [0.5, 0.6) is 0 Å². The van der Waals surface area contributed by atoms with Crippen molar-refractivity contribution in [1.82, 2.24) is 5.32 Å². The van der Waals surface area contributed by atoms with Gasteiger partial charge in [0.25, 0.3) is 5.91 Å². The zero-order valence-electron chi connectivity index (χ0n) is 14.6. The second-order valence-corrected chi connectivity index (χ2v) is 6.82. The van der Waals surface area contributed by atoms with Crippen LogP contribution in [0.1, 0.15) is 16.1 Å². The first kappa shape index (κ1) is 19.6. The van der Waals surface area contributed by atoms with Gasteiger partial charge in [-0.05, 0) is 48.0 Å². The van der Waals surface area contributed by atoms with Gasteiger partial charge < -0.3 is 15.1 Å². The van der Waals surface area contributed by atoms with Gasteiger partial charge in [-0.1, -0.05) is 12.1 Å². The molecule has 5 nitrogen and oxygen atoms in total. The van der Waals surface area contributed by atoms with Gasteiger partial charge in [0.15, 0.2) is 17.4 Å². The molecule has 144 valence electrons. The van der Waals surface area contributed by atoms with E-state index in [1.165, 1.54) is 12.3 Å². The Morgan fingerprint density at radius 3 is 2.46 bits per heavy atom. The summed E-state index contributed by atoms with van der Waals surface area (Å²) in [5.41, 5.74) is 1.45. The lowest BCUT2D eigenvalue weighted by Gasteiger charge is -2.07. The minimum Gasteiger partial charge on any atom is -0.459 e. The van der Waals surface area contributed by atoms with Gasteiger partial charge in [-0.3, -0.25) is 9.59 Å². The number of thioether (sulfide) groups is 1. The smallest absolute Gasteiger partial charge is 0.291 e. The molecule has 0 fully saturated rings. The number of amides is 2. The van der Waals surface area contributed by atoms with E-state index in [-0.39, 0.29) is 23.3 Å². The van der Waals surface area contributed by atoms with Crippen molar-refractivity contribution in [1.29, 1.82) is 0 Å². The number of carbonyl (C=O) groups is 2. The number of furan rings is 1. The molecule has 0 saturated carbocycles. The highest BCUT2D eigenvalue weighted by Gasteiger charge is 2.09. The fourth-order valence-electron chi connectivity index (χ4n) is 2.27. The first-order chi connectivity index (χ1) is 13.5. The average molecular weight is 402 g/mol. The standard InChI is InChI=1S/C20H16F2N2O3S/c21-16-8-7-15(10-17(16)22)28-12-19(25)23-11-13-3-5-14(6-4-13)24-20(26)18-2-1-9-27-18/h1-10H,11-12H2,(H,23,25)(H,24,26). The third-order valence-corrected chi connectivity index (χ3v) is 4.70. The van der Waals surface area contributed by atoms with E-state index >= 15 is 0 Å². The molecule has 28 heavy (non-hydrogen) atoms. The van der Waals surface area contributed by atoms with Crippen LogP contribution >= 0.6 is 11.8 Å². The molecule has 0 aliphatic carbocycles. The Bertz CT molecular complexity index is 960. The first-order valence-corrected chi connectivity index (χ1v) is 9.28. The van der Waals surface area contributed by atoms with Gasteiger partial charge in [-0.2, -0.15) is 0 Å². The molecule has 2 amide bonds. The summed E-state index contributed by atoms with van der Waals surface area (Å²) in [6.07, 6.45) is 1.42. The summed E-state index contributed by atoms with van der Waals surface area (Å²) >= 11 is 1.12. The van der Waals surface area contributed by atoms with E-state index < -0.39 is 11.6 Å². The monoisotopic (exact) mass is 402 g/mol. The minimum atomic E-state index is -0.940. The van der Waals surface area contributed by atoms with Crippen molar-refractivity contribution in [2.75, 3.05) is 11.1 Å². The molecule has 0 atom stereocenters. The number of hydrogen-bond donors (Lipinski definition) is 2. The van der Waals surface area contributed by atoms with Gasteiger partial charge in [-0.25, -0.2) is 8.78 Å².